The van der Waals surface area contributed by atoms with E-state index in [1.807, 2.05) is 6.07 Å². The standard InChI is InChI=1S/C24H19NO/c1-3-9-17(10-4-1)19-13-7-14-20-21-15-8-16-22(24(21)26-23(19)20)25-18-11-5-2-6-12-18/h1-5,7-11,13-16,25H,6,12H2. The summed E-state index contributed by atoms with van der Waals surface area (Å²) in [6, 6.07) is 23.1. The van der Waals surface area contributed by atoms with Gasteiger partial charge in [0.2, 0.25) is 0 Å². The van der Waals surface area contributed by atoms with E-state index in [0.29, 0.717) is 0 Å². The maximum atomic E-state index is 6.40. The van der Waals surface area contributed by atoms with E-state index in [4.69, 9.17) is 4.42 Å². The summed E-state index contributed by atoms with van der Waals surface area (Å²) in [5.74, 6) is 0. The van der Waals surface area contributed by atoms with Crippen LogP contribution in [-0.4, -0.2) is 0 Å². The molecule has 1 N–H and O–H groups in total. The molecule has 0 saturated carbocycles. The van der Waals surface area contributed by atoms with E-state index in [2.05, 4.69) is 84.2 Å². The molecule has 0 amide bonds. The van der Waals surface area contributed by atoms with Crippen LogP contribution in [0, 0.1) is 0 Å². The van der Waals surface area contributed by atoms with E-state index in [9.17, 15) is 0 Å². The van der Waals surface area contributed by atoms with Crippen LogP contribution in [0.3, 0.4) is 0 Å². The van der Waals surface area contributed by atoms with Crippen molar-refractivity contribution in [1.29, 1.82) is 0 Å². The van der Waals surface area contributed by atoms with Gasteiger partial charge in [-0.3, -0.25) is 0 Å². The average Bonchev–Trinajstić information content (AvgIpc) is 3.09. The lowest BCUT2D eigenvalue weighted by Crippen LogP contribution is -2.01. The minimum absolute atomic E-state index is 0.918. The smallest absolute Gasteiger partial charge is 0.158 e. The summed E-state index contributed by atoms with van der Waals surface area (Å²) in [6.07, 6.45) is 8.55. The molecule has 0 aliphatic heterocycles. The van der Waals surface area contributed by atoms with Crippen LogP contribution in [0.2, 0.25) is 0 Å². The van der Waals surface area contributed by atoms with Gasteiger partial charge in [0, 0.05) is 22.0 Å². The first-order valence-electron chi connectivity index (χ1n) is 9.02. The van der Waals surface area contributed by atoms with Gasteiger partial charge in [-0.2, -0.15) is 0 Å². The summed E-state index contributed by atoms with van der Waals surface area (Å²) in [6.45, 7) is 0. The molecule has 1 aromatic heterocycles. The minimum Gasteiger partial charge on any atom is -0.453 e. The van der Waals surface area contributed by atoms with Crippen molar-refractivity contribution in [1.82, 2.24) is 0 Å². The quantitative estimate of drug-likeness (QED) is 0.440. The van der Waals surface area contributed by atoms with Crippen molar-refractivity contribution in [2.24, 2.45) is 0 Å². The van der Waals surface area contributed by atoms with Gasteiger partial charge in [0.1, 0.15) is 5.58 Å². The number of furan rings is 1. The fraction of sp³-hybridized carbons (Fsp3) is 0.0833. The van der Waals surface area contributed by atoms with Crippen molar-refractivity contribution >= 4 is 27.6 Å². The zero-order chi connectivity index (χ0) is 17.3. The first kappa shape index (κ1) is 15.0. The van der Waals surface area contributed by atoms with E-state index < -0.39 is 0 Å². The van der Waals surface area contributed by atoms with Gasteiger partial charge >= 0.3 is 0 Å². The second-order valence-corrected chi connectivity index (χ2v) is 6.62. The Morgan fingerprint density at radius 1 is 0.769 bits per heavy atom. The summed E-state index contributed by atoms with van der Waals surface area (Å²) >= 11 is 0. The number of rotatable bonds is 3. The Labute approximate surface area is 152 Å². The van der Waals surface area contributed by atoms with Crippen LogP contribution in [0.4, 0.5) is 5.69 Å². The van der Waals surface area contributed by atoms with E-state index >= 15 is 0 Å². The SMILES string of the molecule is C1=CCCC(Nc2cccc3c2oc2c(-c4ccccc4)cccc23)=C1. The molecule has 26 heavy (non-hydrogen) atoms. The number of hydrogen-bond acceptors (Lipinski definition) is 2. The Hall–Kier alpha value is -3.26. The number of anilines is 1. The Morgan fingerprint density at radius 2 is 1.58 bits per heavy atom. The molecule has 1 aliphatic carbocycles. The minimum atomic E-state index is 0.918. The highest BCUT2D eigenvalue weighted by atomic mass is 16.3. The molecule has 0 spiro atoms. The second kappa shape index (κ2) is 6.23. The van der Waals surface area contributed by atoms with Gasteiger partial charge in [-0.25, -0.2) is 0 Å². The summed E-state index contributed by atoms with van der Waals surface area (Å²) < 4.78 is 6.40. The summed E-state index contributed by atoms with van der Waals surface area (Å²) in [5, 5.41) is 5.86. The Morgan fingerprint density at radius 3 is 2.38 bits per heavy atom. The van der Waals surface area contributed by atoms with Crippen molar-refractivity contribution in [3.8, 4) is 11.1 Å². The van der Waals surface area contributed by atoms with E-state index in [-0.39, 0.29) is 0 Å². The molecule has 4 aromatic rings. The van der Waals surface area contributed by atoms with Gasteiger partial charge in [0.25, 0.3) is 0 Å². The Balaban J connectivity index is 1.70. The maximum Gasteiger partial charge on any atom is 0.158 e. The van der Waals surface area contributed by atoms with Crippen LogP contribution in [0.5, 0.6) is 0 Å². The third-order valence-electron chi connectivity index (χ3n) is 4.92. The fourth-order valence-corrected chi connectivity index (χ4v) is 3.64. The predicted octanol–water partition coefficient (Wildman–Crippen LogP) is 6.90. The molecule has 0 bridgehead atoms. The molecular weight excluding hydrogens is 318 g/mol. The summed E-state index contributed by atoms with van der Waals surface area (Å²) in [7, 11) is 0. The molecule has 2 nitrogen and oxygen atoms in total. The highest BCUT2D eigenvalue weighted by molar-refractivity contribution is 6.12. The fourth-order valence-electron chi connectivity index (χ4n) is 3.64. The maximum absolute atomic E-state index is 6.40. The van der Waals surface area contributed by atoms with Gasteiger partial charge in [-0.1, -0.05) is 72.8 Å². The lowest BCUT2D eigenvalue weighted by molar-refractivity contribution is 0.671. The lowest BCUT2D eigenvalue weighted by Gasteiger charge is -2.12. The first-order valence-corrected chi connectivity index (χ1v) is 9.02. The van der Waals surface area contributed by atoms with Gasteiger partial charge in [-0.15, -0.1) is 0 Å². The van der Waals surface area contributed by atoms with E-state index in [1.165, 1.54) is 11.3 Å². The van der Waals surface area contributed by atoms with Crippen molar-refractivity contribution in [2.45, 2.75) is 12.8 Å². The lowest BCUT2D eigenvalue weighted by atomic mass is 10.0. The molecule has 0 unspecified atom stereocenters. The van der Waals surface area contributed by atoms with E-state index in [0.717, 1.165) is 46.0 Å². The van der Waals surface area contributed by atoms with Crippen LogP contribution in [-0.2, 0) is 0 Å². The number of nitrogens with one attached hydrogen (secondary N) is 1. The monoisotopic (exact) mass is 337 g/mol. The molecule has 3 aromatic carbocycles. The van der Waals surface area contributed by atoms with Crippen LogP contribution in [0.15, 0.2) is 95.1 Å². The van der Waals surface area contributed by atoms with Gasteiger partial charge in [0.05, 0.1) is 5.69 Å². The van der Waals surface area contributed by atoms with Crippen LogP contribution in [0.1, 0.15) is 12.8 Å². The number of allylic oxidation sites excluding steroid dienone is 4. The van der Waals surface area contributed by atoms with Crippen LogP contribution in [0.25, 0.3) is 33.1 Å². The van der Waals surface area contributed by atoms with Crippen molar-refractivity contribution < 1.29 is 4.42 Å². The average molecular weight is 337 g/mol. The van der Waals surface area contributed by atoms with Gasteiger partial charge < -0.3 is 9.73 Å². The van der Waals surface area contributed by atoms with Crippen molar-refractivity contribution in [3.05, 3.63) is 90.7 Å². The predicted molar refractivity (Wildman–Crippen MR) is 109 cm³/mol. The largest absolute Gasteiger partial charge is 0.453 e. The molecule has 0 radical (unpaired) electrons. The molecule has 2 heteroatoms. The van der Waals surface area contributed by atoms with Crippen molar-refractivity contribution in [2.75, 3.05) is 5.32 Å². The number of hydrogen-bond donors (Lipinski definition) is 1. The molecule has 1 aliphatic rings. The molecule has 1 heterocycles. The normalized spacial score (nSPS) is 13.9. The van der Waals surface area contributed by atoms with Crippen LogP contribution < -0.4 is 5.32 Å². The van der Waals surface area contributed by atoms with Crippen LogP contribution >= 0.6 is 0 Å². The zero-order valence-electron chi connectivity index (χ0n) is 14.4. The summed E-state index contributed by atoms with van der Waals surface area (Å²) in [4.78, 5) is 0. The third-order valence-corrected chi connectivity index (χ3v) is 4.92. The zero-order valence-corrected chi connectivity index (χ0v) is 14.4. The highest BCUT2D eigenvalue weighted by Gasteiger charge is 2.15. The number of para-hydroxylation sites is 2. The number of fused-ring (bicyclic) bond motifs is 3. The highest BCUT2D eigenvalue weighted by Crippen LogP contribution is 2.38. The second-order valence-electron chi connectivity index (χ2n) is 6.62. The van der Waals surface area contributed by atoms with Crippen molar-refractivity contribution in [3.63, 3.8) is 0 Å². The molecule has 5 rings (SSSR count). The molecular formula is C24H19NO. The Bertz CT molecular complexity index is 1150. The topological polar surface area (TPSA) is 25.2 Å². The Kier molecular flexibility index (Phi) is 3.60. The molecule has 0 fully saturated rings. The molecule has 126 valence electrons. The first-order chi connectivity index (χ1) is 12.9. The van der Waals surface area contributed by atoms with E-state index in [1.54, 1.807) is 0 Å². The van der Waals surface area contributed by atoms with Gasteiger partial charge in [-0.05, 0) is 30.5 Å². The third kappa shape index (κ3) is 2.51. The summed E-state index contributed by atoms with van der Waals surface area (Å²) in [5.41, 5.74) is 6.42. The molecule has 0 atom stereocenters. The number of benzene rings is 3. The van der Waals surface area contributed by atoms with Gasteiger partial charge in [0.15, 0.2) is 5.58 Å². The molecule has 0 saturated heterocycles.